The highest BCUT2D eigenvalue weighted by Crippen LogP contribution is 2.25. The van der Waals surface area contributed by atoms with Crippen molar-refractivity contribution in [3.8, 4) is 5.75 Å². The van der Waals surface area contributed by atoms with E-state index >= 15 is 0 Å². The Morgan fingerprint density at radius 3 is 2.33 bits per heavy atom. The second-order valence-corrected chi connectivity index (χ2v) is 5.05. The summed E-state index contributed by atoms with van der Waals surface area (Å²) in [6.07, 6.45) is -3.99. The van der Waals surface area contributed by atoms with Crippen LogP contribution in [0.2, 0.25) is 0 Å². The van der Waals surface area contributed by atoms with Crippen LogP contribution >= 0.6 is 0 Å². The zero-order valence-corrected chi connectivity index (χ0v) is 12.4. The molecule has 1 aromatic carbocycles. The maximum absolute atomic E-state index is 10.1. The summed E-state index contributed by atoms with van der Waals surface area (Å²) < 4.78 is 21.2. The van der Waals surface area contributed by atoms with Crippen LogP contribution in [0.1, 0.15) is 12.5 Å². The van der Waals surface area contributed by atoms with Crippen molar-refractivity contribution in [3.63, 3.8) is 0 Å². The van der Waals surface area contributed by atoms with Gasteiger partial charge >= 0.3 is 0 Å². The summed E-state index contributed by atoms with van der Waals surface area (Å²) in [5.74, 6) is 0.762. The van der Waals surface area contributed by atoms with E-state index in [1.807, 2.05) is 24.3 Å². The third-order valence-corrected chi connectivity index (χ3v) is 3.62. The lowest BCUT2D eigenvalue weighted by molar-refractivity contribution is -0.295. The van der Waals surface area contributed by atoms with Gasteiger partial charge in [-0.05, 0) is 24.6 Å². The molecule has 21 heavy (non-hydrogen) atoms. The van der Waals surface area contributed by atoms with Crippen LogP contribution < -0.4 is 4.74 Å². The molecule has 6 nitrogen and oxygen atoms in total. The van der Waals surface area contributed by atoms with Gasteiger partial charge in [-0.15, -0.1) is 0 Å². The third-order valence-electron chi connectivity index (χ3n) is 3.62. The molecule has 0 bridgehead atoms. The number of hydrogen-bond acceptors (Lipinski definition) is 6. The van der Waals surface area contributed by atoms with Gasteiger partial charge in [0.05, 0.1) is 19.8 Å². The number of hydrogen-bond donors (Lipinski definition) is 2. The second kappa shape index (κ2) is 7.20. The van der Waals surface area contributed by atoms with Crippen molar-refractivity contribution in [3.05, 3.63) is 29.8 Å². The molecule has 0 aromatic heterocycles. The number of aliphatic hydroxyl groups is 2. The lowest BCUT2D eigenvalue weighted by Gasteiger charge is -2.40. The molecule has 1 saturated heterocycles. The van der Waals surface area contributed by atoms with Gasteiger partial charge in [0.15, 0.2) is 6.29 Å². The smallest absolute Gasteiger partial charge is 0.186 e. The van der Waals surface area contributed by atoms with Gasteiger partial charge in [0.2, 0.25) is 0 Å². The molecule has 1 aliphatic rings. The van der Waals surface area contributed by atoms with Crippen LogP contribution in [0.4, 0.5) is 0 Å². The highest BCUT2D eigenvalue weighted by Gasteiger charge is 2.43. The van der Waals surface area contributed by atoms with Gasteiger partial charge < -0.3 is 29.2 Å². The summed E-state index contributed by atoms with van der Waals surface area (Å²) in [6, 6.07) is 7.40. The minimum atomic E-state index is -1.04. The van der Waals surface area contributed by atoms with Gasteiger partial charge in [0.1, 0.15) is 24.1 Å². The van der Waals surface area contributed by atoms with Gasteiger partial charge in [-0.25, -0.2) is 0 Å². The molecule has 118 valence electrons. The minimum Gasteiger partial charge on any atom is -0.497 e. The molecule has 1 fully saturated rings. The van der Waals surface area contributed by atoms with Crippen LogP contribution in [0, 0.1) is 0 Å². The number of rotatable bonds is 5. The van der Waals surface area contributed by atoms with E-state index in [0.717, 1.165) is 11.3 Å². The van der Waals surface area contributed by atoms with E-state index in [1.165, 1.54) is 7.11 Å². The molecule has 0 saturated carbocycles. The quantitative estimate of drug-likeness (QED) is 0.833. The van der Waals surface area contributed by atoms with E-state index in [1.54, 1.807) is 14.0 Å². The van der Waals surface area contributed by atoms with Crippen molar-refractivity contribution in [1.29, 1.82) is 0 Å². The highest BCUT2D eigenvalue weighted by atomic mass is 16.7. The van der Waals surface area contributed by atoms with Crippen molar-refractivity contribution in [2.75, 3.05) is 14.2 Å². The van der Waals surface area contributed by atoms with Gasteiger partial charge in [0, 0.05) is 7.11 Å². The molecule has 0 aliphatic carbocycles. The Bertz CT molecular complexity index is 434. The molecule has 5 atom stereocenters. The predicted molar refractivity (Wildman–Crippen MR) is 74.9 cm³/mol. The average Bonchev–Trinajstić information content (AvgIpc) is 2.51. The van der Waals surface area contributed by atoms with Crippen LogP contribution in [-0.4, -0.2) is 55.1 Å². The molecule has 1 aliphatic heterocycles. The van der Waals surface area contributed by atoms with Crippen molar-refractivity contribution < 1.29 is 29.2 Å². The van der Waals surface area contributed by atoms with Crippen LogP contribution in [0.3, 0.4) is 0 Å². The molecule has 2 N–H and O–H groups in total. The number of methoxy groups -OCH3 is 2. The van der Waals surface area contributed by atoms with E-state index in [2.05, 4.69) is 0 Å². The highest BCUT2D eigenvalue weighted by molar-refractivity contribution is 5.26. The van der Waals surface area contributed by atoms with Gasteiger partial charge in [0.25, 0.3) is 0 Å². The van der Waals surface area contributed by atoms with E-state index in [4.69, 9.17) is 18.9 Å². The first kappa shape index (κ1) is 16.2. The Labute approximate surface area is 124 Å². The Hall–Kier alpha value is -1.18. The maximum atomic E-state index is 10.1. The monoisotopic (exact) mass is 298 g/mol. The first-order valence-corrected chi connectivity index (χ1v) is 6.85. The molecule has 1 unspecified atom stereocenters. The van der Waals surface area contributed by atoms with Crippen molar-refractivity contribution >= 4 is 0 Å². The fraction of sp³-hybridized carbons (Fsp3) is 0.600. The van der Waals surface area contributed by atoms with E-state index in [9.17, 15) is 10.2 Å². The molecule has 1 aromatic rings. The number of ether oxygens (including phenoxy) is 4. The normalized spacial score (nSPS) is 32.9. The molecule has 1 heterocycles. The Morgan fingerprint density at radius 1 is 1.10 bits per heavy atom. The van der Waals surface area contributed by atoms with Crippen LogP contribution in [0.25, 0.3) is 0 Å². The largest absolute Gasteiger partial charge is 0.497 e. The van der Waals surface area contributed by atoms with Crippen molar-refractivity contribution in [1.82, 2.24) is 0 Å². The van der Waals surface area contributed by atoms with Gasteiger partial charge in [-0.2, -0.15) is 0 Å². The summed E-state index contributed by atoms with van der Waals surface area (Å²) in [5.41, 5.74) is 0.920. The summed E-state index contributed by atoms with van der Waals surface area (Å²) in [4.78, 5) is 0. The molecule has 0 spiro atoms. The molecule has 0 amide bonds. The standard InChI is InChI=1S/C15H22O6/c1-9-12(16)14(13(17)15(19-3)21-9)20-8-10-4-6-11(18-2)7-5-10/h4-7,9,12-17H,8H2,1-3H3/t9-,12+,13-,14+,15?/m0/s1. The topological polar surface area (TPSA) is 77.4 Å². The zero-order valence-electron chi connectivity index (χ0n) is 12.4. The zero-order chi connectivity index (χ0) is 15.4. The fourth-order valence-corrected chi connectivity index (χ4v) is 2.30. The van der Waals surface area contributed by atoms with Crippen LogP contribution in [-0.2, 0) is 20.8 Å². The SMILES string of the molecule is COc1ccc(CO[C@@H]2[C@H](O)[C@H](C)OC(OC)[C@H]2O)cc1. The van der Waals surface area contributed by atoms with Gasteiger partial charge in [-0.1, -0.05) is 12.1 Å². The van der Waals surface area contributed by atoms with Gasteiger partial charge in [-0.3, -0.25) is 0 Å². The summed E-state index contributed by atoms with van der Waals surface area (Å²) in [5, 5.41) is 20.2. The summed E-state index contributed by atoms with van der Waals surface area (Å²) >= 11 is 0. The Kier molecular flexibility index (Phi) is 5.55. The number of aliphatic hydroxyl groups excluding tert-OH is 2. The van der Waals surface area contributed by atoms with Crippen LogP contribution in [0.5, 0.6) is 5.75 Å². The van der Waals surface area contributed by atoms with E-state index < -0.39 is 30.7 Å². The Balaban J connectivity index is 1.98. The fourth-order valence-electron chi connectivity index (χ4n) is 2.30. The first-order valence-electron chi connectivity index (χ1n) is 6.85. The molecular formula is C15H22O6. The number of benzene rings is 1. The maximum Gasteiger partial charge on any atom is 0.186 e. The lowest BCUT2D eigenvalue weighted by Crippen LogP contribution is -2.58. The molecule has 6 heteroatoms. The average molecular weight is 298 g/mol. The minimum absolute atomic E-state index is 0.270. The summed E-state index contributed by atoms with van der Waals surface area (Å²) in [6.45, 7) is 1.98. The predicted octanol–water partition coefficient (Wildman–Crippen LogP) is 0.693. The molecule has 2 rings (SSSR count). The van der Waals surface area contributed by atoms with E-state index in [0.29, 0.717) is 0 Å². The summed E-state index contributed by atoms with van der Waals surface area (Å²) in [7, 11) is 3.05. The lowest BCUT2D eigenvalue weighted by atomic mass is 9.99. The van der Waals surface area contributed by atoms with Crippen molar-refractivity contribution in [2.24, 2.45) is 0 Å². The van der Waals surface area contributed by atoms with E-state index in [-0.39, 0.29) is 6.61 Å². The molecular weight excluding hydrogens is 276 g/mol. The Morgan fingerprint density at radius 2 is 1.76 bits per heavy atom. The van der Waals surface area contributed by atoms with Crippen LogP contribution in [0.15, 0.2) is 24.3 Å². The third kappa shape index (κ3) is 3.72. The second-order valence-electron chi connectivity index (χ2n) is 5.05. The van der Waals surface area contributed by atoms with Crippen molar-refractivity contribution in [2.45, 2.75) is 44.2 Å². The molecule has 0 radical (unpaired) electrons. The first-order chi connectivity index (χ1) is 10.1.